The number of hydrogen-bond acceptors (Lipinski definition) is 5. The molecule has 146 valence electrons. The topological polar surface area (TPSA) is 67.8 Å². The summed E-state index contributed by atoms with van der Waals surface area (Å²) in [5.41, 5.74) is 1.55. The smallest absolute Gasteiger partial charge is 0.191 e. The SMILES string of the molecule is CCCNCC(O)COC(Cc1cccc(OC)c1)C(=O)c1ccccc1. The Labute approximate surface area is 161 Å². The highest BCUT2D eigenvalue weighted by atomic mass is 16.5. The highest BCUT2D eigenvalue weighted by Gasteiger charge is 2.22. The van der Waals surface area contributed by atoms with Crippen molar-refractivity contribution in [3.05, 3.63) is 65.7 Å². The number of ether oxygens (including phenoxy) is 2. The van der Waals surface area contributed by atoms with Gasteiger partial charge in [-0.25, -0.2) is 0 Å². The first-order chi connectivity index (χ1) is 13.1. The van der Waals surface area contributed by atoms with E-state index in [0.717, 1.165) is 24.3 Å². The van der Waals surface area contributed by atoms with E-state index < -0.39 is 12.2 Å². The van der Waals surface area contributed by atoms with Crippen molar-refractivity contribution in [2.75, 3.05) is 26.8 Å². The Morgan fingerprint density at radius 3 is 2.63 bits per heavy atom. The molecule has 0 saturated carbocycles. The van der Waals surface area contributed by atoms with E-state index >= 15 is 0 Å². The highest BCUT2D eigenvalue weighted by molar-refractivity contribution is 5.99. The fourth-order valence-corrected chi connectivity index (χ4v) is 2.76. The molecule has 0 spiro atoms. The number of carbonyl (C=O) groups is 1. The number of rotatable bonds is 12. The summed E-state index contributed by atoms with van der Waals surface area (Å²) in [6.45, 7) is 3.45. The first kappa shape index (κ1) is 21.1. The molecule has 2 aromatic rings. The summed E-state index contributed by atoms with van der Waals surface area (Å²) in [5.74, 6) is 0.648. The van der Waals surface area contributed by atoms with E-state index in [1.807, 2.05) is 42.5 Å². The van der Waals surface area contributed by atoms with Gasteiger partial charge in [0.05, 0.1) is 19.8 Å². The van der Waals surface area contributed by atoms with Crippen molar-refractivity contribution in [2.45, 2.75) is 32.0 Å². The number of carbonyl (C=O) groups excluding carboxylic acids is 1. The van der Waals surface area contributed by atoms with Gasteiger partial charge in [-0.3, -0.25) is 4.79 Å². The molecule has 0 fully saturated rings. The molecule has 2 unspecified atom stereocenters. The maximum absolute atomic E-state index is 12.9. The Morgan fingerprint density at radius 2 is 1.93 bits per heavy atom. The van der Waals surface area contributed by atoms with Gasteiger partial charge in [0.25, 0.3) is 0 Å². The van der Waals surface area contributed by atoms with E-state index in [0.29, 0.717) is 18.5 Å². The van der Waals surface area contributed by atoms with E-state index in [1.54, 1.807) is 19.2 Å². The molecule has 0 amide bonds. The molecule has 0 heterocycles. The molecule has 0 aliphatic carbocycles. The van der Waals surface area contributed by atoms with Gasteiger partial charge in [-0.2, -0.15) is 0 Å². The quantitative estimate of drug-likeness (QED) is 0.444. The summed E-state index contributed by atoms with van der Waals surface area (Å²) in [5, 5.41) is 13.3. The fourth-order valence-electron chi connectivity index (χ4n) is 2.76. The first-order valence-corrected chi connectivity index (χ1v) is 9.36. The summed E-state index contributed by atoms with van der Waals surface area (Å²) in [4.78, 5) is 12.9. The van der Waals surface area contributed by atoms with Gasteiger partial charge in [0, 0.05) is 18.5 Å². The average Bonchev–Trinajstić information content (AvgIpc) is 2.71. The molecule has 2 N–H and O–H groups in total. The lowest BCUT2D eigenvalue weighted by atomic mass is 9.99. The summed E-state index contributed by atoms with van der Waals surface area (Å²) in [6, 6.07) is 16.7. The van der Waals surface area contributed by atoms with Crippen LogP contribution in [0.25, 0.3) is 0 Å². The third-order valence-electron chi connectivity index (χ3n) is 4.20. The minimum Gasteiger partial charge on any atom is -0.497 e. The van der Waals surface area contributed by atoms with Crippen LogP contribution in [-0.2, 0) is 11.2 Å². The molecule has 5 heteroatoms. The Kier molecular flexibility index (Phi) is 8.98. The normalized spacial score (nSPS) is 13.1. The van der Waals surface area contributed by atoms with Gasteiger partial charge in [-0.15, -0.1) is 0 Å². The zero-order valence-corrected chi connectivity index (χ0v) is 16.1. The highest BCUT2D eigenvalue weighted by Crippen LogP contribution is 2.17. The summed E-state index contributed by atoms with van der Waals surface area (Å²) in [7, 11) is 1.61. The third-order valence-corrected chi connectivity index (χ3v) is 4.20. The third kappa shape index (κ3) is 7.13. The van der Waals surface area contributed by atoms with E-state index in [1.165, 1.54) is 0 Å². The number of Topliss-reactive ketones (excluding diaryl/α,β-unsaturated/α-hetero) is 1. The van der Waals surface area contributed by atoms with Crippen molar-refractivity contribution in [3.63, 3.8) is 0 Å². The Hall–Kier alpha value is -2.21. The molecule has 5 nitrogen and oxygen atoms in total. The Bertz CT molecular complexity index is 690. The number of methoxy groups -OCH3 is 1. The van der Waals surface area contributed by atoms with Gasteiger partial charge in [-0.1, -0.05) is 49.4 Å². The predicted molar refractivity (Wildman–Crippen MR) is 106 cm³/mol. The largest absolute Gasteiger partial charge is 0.497 e. The van der Waals surface area contributed by atoms with Gasteiger partial charge in [0.1, 0.15) is 11.9 Å². The molecule has 0 aromatic heterocycles. The molecule has 2 rings (SSSR count). The lowest BCUT2D eigenvalue weighted by Gasteiger charge is -2.20. The van der Waals surface area contributed by atoms with Gasteiger partial charge in [0.2, 0.25) is 0 Å². The van der Waals surface area contributed by atoms with Crippen LogP contribution in [0.3, 0.4) is 0 Å². The Morgan fingerprint density at radius 1 is 1.15 bits per heavy atom. The fraction of sp³-hybridized carbons (Fsp3) is 0.409. The lowest BCUT2D eigenvalue weighted by Crippen LogP contribution is -2.35. The molecular formula is C22H29NO4. The summed E-state index contributed by atoms with van der Waals surface area (Å²) < 4.78 is 11.1. The van der Waals surface area contributed by atoms with Crippen LogP contribution in [0, 0.1) is 0 Å². The van der Waals surface area contributed by atoms with Gasteiger partial charge in [-0.05, 0) is 30.7 Å². The maximum Gasteiger partial charge on any atom is 0.191 e. The van der Waals surface area contributed by atoms with Crippen molar-refractivity contribution < 1.29 is 19.4 Å². The van der Waals surface area contributed by atoms with Crippen LogP contribution in [0.5, 0.6) is 5.75 Å². The lowest BCUT2D eigenvalue weighted by molar-refractivity contribution is -0.00163. The standard InChI is InChI=1S/C22H29NO4/c1-3-12-23-15-19(24)16-27-21(22(25)18-9-5-4-6-10-18)14-17-8-7-11-20(13-17)26-2/h4-11,13,19,21,23-24H,3,12,14-16H2,1-2H3. The monoisotopic (exact) mass is 371 g/mol. The maximum atomic E-state index is 12.9. The van der Waals surface area contributed by atoms with Crippen LogP contribution in [0.1, 0.15) is 29.3 Å². The number of aliphatic hydroxyl groups excluding tert-OH is 1. The molecular weight excluding hydrogens is 342 g/mol. The molecule has 0 saturated heterocycles. The zero-order valence-electron chi connectivity index (χ0n) is 16.1. The van der Waals surface area contributed by atoms with Crippen LogP contribution in [0.4, 0.5) is 0 Å². The molecule has 27 heavy (non-hydrogen) atoms. The van der Waals surface area contributed by atoms with Crippen LogP contribution < -0.4 is 10.1 Å². The molecule has 0 radical (unpaired) electrons. The second-order valence-electron chi connectivity index (χ2n) is 6.47. The van der Waals surface area contributed by atoms with E-state index in [9.17, 15) is 9.90 Å². The predicted octanol–water partition coefficient (Wildman–Crippen LogP) is 2.87. The van der Waals surface area contributed by atoms with Crippen molar-refractivity contribution >= 4 is 5.78 Å². The van der Waals surface area contributed by atoms with E-state index in [-0.39, 0.29) is 12.4 Å². The van der Waals surface area contributed by atoms with Crippen LogP contribution >= 0.6 is 0 Å². The molecule has 0 aliphatic heterocycles. The second-order valence-corrected chi connectivity index (χ2v) is 6.47. The second kappa shape index (κ2) is 11.5. The van der Waals surface area contributed by atoms with Crippen LogP contribution in [0.2, 0.25) is 0 Å². The summed E-state index contributed by atoms with van der Waals surface area (Å²) >= 11 is 0. The average molecular weight is 371 g/mol. The summed E-state index contributed by atoms with van der Waals surface area (Å²) in [6.07, 6.45) is 0.0896. The van der Waals surface area contributed by atoms with Crippen molar-refractivity contribution in [1.82, 2.24) is 5.32 Å². The molecule has 0 aliphatic rings. The number of benzene rings is 2. The molecule has 2 atom stereocenters. The van der Waals surface area contributed by atoms with Crippen molar-refractivity contribution in [2.24, 2.45) is 0 Å². The Balaban J connectivity index is 2.06. The number of hydrogen-bond donors (Lipinski definition) is 2. The first-order valence-electron chi connectivity index (χ1n) is 9.36. The molecule has 2 aromatic carbocycles. The number of aliphatic hydroxyl groups is 1. The van der Waals surface area contributed by atoms with Gasteiger partial charge >= 0.3 is 0 Å². The van der Waals surface area contributed by atoms with Crippen molar-refractivity contribution in [3.8, 4) is 5.75 Å². The van der Waals surface area contributed by atoms with Crippen LogP contribution in [-0.4, -0.2) is 49.9 Å². The zero-order chi connectivity index (χ0) is 19.5. The van der Waals surface area contributed by atoms with Crippen molar-refractivity contribution in [1.29, 1.82) is 0 Å². The number of nitrogens with one attached hydrogen (secondary N) is 1. The molecule has 0 bridgehead atoms. The van der Waals surface area contributed by atoms with Gasteiger partial charge < -0.3 is 19.9 Å². The van der Waals surface area contributed by atoms with Crippen LogP contribution in [0.15, 0.2) is 54.6 Å². The van der Waals surface area contributed by atoms with Gasteiger partial charge in [0.15, 0.2) is 5.78 Å². The number of ketones is 1. The van der Waals surface area contributed by atoms with E-state index in [4.69, 9.17) is 9.47 Å². The van der Waals surface area contributed by atoms with E-state index in [2.05, 4.69) is 12.2 Å². The minimum atomic E-state index is -0.666. The minimum absolute atomic E-state index is 0.0906.